The summed E-state index contributed by atoms with van der Waals surface area (Å²) in [6.07, 6.45) is 0.252. The van der Waals surface area contributed by atoms with Crippen LogP contribution < -0.4 is 10.1 Å². The number of phenols is 1. The first kappa shape index (κ1) is 20.2. The molecule has 0 saturated heterocycles. The number of methoxy groups -OCH3 is 1. The van der Waals surface area contributed by atoms with Gasteiger partial charge in [0.05, 0.1) is 18.5 Å². The minimum Gasteiger partial charge on any atom is -0.504 e. The zero-order chi connectivity index (χ0) is 22.2. The van der Waals surface area contributed by atoms with Gasteiger partial charge in [-0.2, -0.15) is 5.10 Å². The first-order chi connectivity index (χ1) is 15.5. The molecule has 6 nitrogen and oxygen atoms in total. The number of phenolic OH excluding ortho intramolecular Hbond substituents is 1. The third-order valence-electron chi connectivity index (χ3n) is 5.64. The summed E-state index contributed by atoms with van der Waals surface area (Å²) >= 11 is 6.12. The number of para-hydroxylation sites is 1. The van der Waals surface area contributed by atoms with E-state index < -0.39 is 0 Å². The van der Waals surface area contributed by atoms with Crippen LogP contribution in [0.4, 0.5) is 5.82 Å². The number of hydrogen-bond acceptors (Lipinski definition) is 4. The fourth-order valence-electron chi connectivity index (χ4n) is 4.12. The van der Waals surface area contributed by atoms with Gasteiger partial charge < -0.3 is 15.2 Å². The van der Waals surface area contributed by atoms with Crippen molar-refractivity contribution in [1.29, 1.82) is 0 Å². The largest absolute Gasteiger partial charge is 0.504 e. The van der Waals surface area contributed by atoms with Crippen molar-refractivity contribution in [1.82, 2.24) is 9.78 Å². The number of anilines is 1. The summed E-state index contributed by atoms with van der Waals surface area (Å²) in [6, 6.07) is 22.3. The Labute approximate surface area is 190 Å². The van der Waals surface area contributed by atoms with Crippen molar-refractivity contribution in [2.24, 2.45) is 0 Å². The molecule has 0 spiro atoms. The predicted molar refractivity (Wildman–Crippen MR) is 124 cm³/mol. The highest BCUT2D eigenvalue weighted by molar-refractivity contribution is 6.30. The smallest absolute Gasteiger partial charge is 0.226 e. The lowest BCUT2D eigenvalue weighted by molar-refractivity contribution is -0.116. The van der Waals surface area contributed by atoms with Gasteiger partial charge in [-0.15, -0.1) is 0 Å². The van der Waals surface area contributed by atoms with E-state index in [4.69, 9.17) is 21.4 Å². The van der Waals surface area contributed by atoms with Crippen LogP contribution in [0, 0.1) is 0 Å². The van der Waals surface area contributed by atoms with E-state index in [-0.39, 0.29) is 24.0 Å². The Hall–Kier alpha value is -3.77. The first-order valence-corrected chi connectivity index (χ1v) is 10.5. The van der Waals surface area contributed by atoms with Crippen LogP contribution in [0.25, 0.3) is 16.9 Å². The second-order valence-corrected chi connectivity index (χ2v) is 8.04. The van der Waals surface area contributed by atoms with Crippen LogP contribution in [-0.4, -0.2) is 27.9 Å². The number of aromatic nitrogens is 2. The molecule has 2 N–H and O–H groups in total. The van der Waals surface area contributed by atoms with E-state index in [9.17, 15) is 9.90 Å². The Balaban J connectivity index is 1.76. The molecule has 1 aliphatic rings. The van der Waals surface area contributed by atoms with Crippen LogP contribution in [0.5, 0.6) is 11.5 Å². The van der Waals surface area contributed by atoms with Gasteiger partial charge in [0.2, 0.25) is 5.91 Å². The van der Waals surface area contributed by atoms with Crippen LogP contribution in [0.2, 0.25) is 5.02 Å². The number of nitrogens with one attached hydrogen (secondary N) is 1. The number of nitrogens with zero attached hydrogens (tertiary/aromatic N) is 2. The van der Waals surface area contributed by atoms with Crippen LogP contribution in [-0.2, 0) is 4.79 Å². The molecule has 160 valence electrons. The lowest BCUT2D eigenvalue weighted by Gasteiger charge is -2.25. The molecule has 1 aliphatic heterocycles. The number of carbonyl (C=O) groups excluding carboxylic acids is 1. The zero-order valence-electron chi connectivity index (χ0n) is 17.2. The topological polar surface area (TPSA) is 76.4 Å². The third kappa shape index (κ3) is 3.48. The molecule has 0 radical (unpaired) electrons. The molecule has 2 heterocycles. The molecule has 1 atom stereocenters. The molecule has 32 heavy (non-hydrogen) atoms. The summed E-state index contributed by atoms with van der Waals surface area (Å²) in [6.45, 7) is 0. The fourth-order valence-corrected chi connectivity index (χ4v) is 4.25. The number of halogens is 1. The molecule has 0 bridgehead atoms. The Morgan fingerprint density at radius 2 is 1.84 bits per heavy atom. The Bertz CT molecular complexity index is 1300. The second-order valence-electron chi connectivity index (χ2n) is 7.60. The molecule has 4 aromatic rings. The van der Waals surface area contributed by atoms with Gasteiger partial charge >= 0.3 is 0 Å². The van der Waals surface area contributed by atoms with Crippen molar-refractivity contribution in [3.63, 3.8) is 0 Å². The number of hydrogen-bond donors (Lipinski definition) is 2. The van der Waals surface area contributed by atoms with Gasteiger partial charge in [-0.3, -0.25) is 4.79 Å². The predicted octanol–water partition coefficient (Wildman–Crippen LogP) is 5.38. The van der Waals surface area contributed by atoms with Gasteiger partial charge in [-0.1, -0.05) is 48.0 Å². The molecule has 1 amide bonds. The zero-order valence-corrected chi connectivity index (χ0v) is 18.0. The second kappa shape index (κ2) is 8.05. The summed E-state index contributed by atoms with van der Waals surface area (Å²) in [5, 5.41) is 18.6. The number of fused-ring (bicyclic) bond motifs is 1. The Morgan fingerprint density at radius 3 is 2.56 bits per heavy atom. The minimum absolute atomic E-state index is 0.0506. The highest BCUT2D eigenvalue weighted by atomic mass is 35.5. The summed E-state index contributed by atoms with van der Waals surface area (Å²) < 4.78 is 7.07. The highest BCUT2D eigenvalue weighted by Gasteiger charge is 2.34. The van der Waals surface area contributed by atoms with Gasteiger partial charge in [-0.25, -0.2) is 4.68 Å². The average molecular weight is 446 g/mol. The summed E-state index contributed by atoms with van der Waals surface area (Å²) in [5.74, 6) is 0.674. The molecule has 1 aromatic heterocycles. The van der Waals surface area contributed by atoms with E-state index in [1.54, 1.807) is 16.8 Å². The maximum absolute atomic E-state index is 12.8. The van der Waals surface area contributed by atoms with Gasteiger partial charge in [0.15, 0.2) is 11.5 Å². The number of benzene rings is 3. The Kier molecular flexibility index (Phi) is 5.07. The van der Waals surface area contributed by atoms with Gasteiger partial charge in [0, 0.05) is 28.5 Å². The van der Waals surface area contributed by atoms with Crippen molar-refractivity contribution in [3.8, 4) is 28.4 Å². The SMILES string of the molecule is COc1cc(C2CC(=O)Nc3c2c(-c2ccc(Cl)cc2)nn3-c2ccccc2)ccc1O. The normalized spacial score (nSPS) is 15.2. The van der Waals surface area contributed by atoms with Crippen LogP contribution in [0.3, 0.4) is 0 Å². The molecule has 0 fully saturated rings. The minimum atomic E-state index is -0.267. The summed E-state index contributed by atoms with van der Waals surface area (Å²) in [7, 11) is 1.50. The van der Waals surface area contributed by atoms with E-state index in [0.29, 0.717) is 16.6 Å². The van der Waals surface area contributed by atoms with Gasteiger partial charge in [0.1, 0.15) is 5.82 Å². The molecular weight excluding hydrogens is 426 g/mol. The summed E-state index contributed by atoms with van der Waals surface area (Å²) in [4.78, 5) is 12.8. The van der Waals surface area contributed by atoms with Crippen molar-refractivity contribution < 1.29 is 14.6 Å². The molecule has 0 aliphatic carbocycles. The maximum atomic E-state index is 12.8. The van der Waals surface area contributed by atoms with E-state index in [0.717, 1.165) is 28.1 Å². The lowest BCUT2D eigenvalue weighted by Crippen LogP contribution is -2.24. The maximum Gasteiger partial charge on any atom is 0.226 e. The first-order valence-electron chi connectivity index (χ1n) is 10.2. The third-order valence-corrected chi connectivity index (χ3v) is 5.89. The van der Waals surface area contributed by atoms with Crippen LogP contribution in [0.1, 0.15) is 23.5 Å². The Morgan fingerprint density at radius 1 is 1.09 bits per heavy atom. The van der Waals surface area contributed by atoms with E-state index in [2.05, 4.69) is 5.32 Å². The summed E-state index contributed by atoms with van der Waals surface area (Å²) in [5.41, 5.74) is 4.26. The molecule has 0 saturated carbocycles. The standard InChI is InChI=1S/C25H20ClN3O3/c1-32-21-13-16(9-12-20(21)30)19-14-22(31)27-25-23(19)24(15-7-10-17(26)11-8-15)28-29(25)18-5-3-2-4-6-18/h2-13,19,30H,14H2,1H3,(H,27,31). The highest BCUT2D eigenvalue weighted by Crippen LogP contribution is 2.45. The van der Waals surface area contributed by atoms with Crippen molar-refractivity contribution in [2.75, 3.05) is 12.4 Å². The quantitative estimate of drug-likeness (QED) is 0.442. The number of amides is 1. The van der Waals surface area contributed by atoms with E-state index >= 15 is 0 Å². The molecule has 3 aromatic carbocycles. The number of ether oxygens (including phenoxy) is 1. The van der Waals surface area contributed by atoms with Gasteiger partial charge in [0.25, 0.3) is 0 Å². The van der Waals surface area contributed by atoms with Crippen molar-refractivity contribution >= 4 is 23.3 Å². The number of carbonyl (C=O) groups is 1. The molecule has 7 heteroatoms. The van der Waals surface area contributed by atoms with Crippen molar-refractivity contribution in [3.05, 3.63) is 88.9 Å². The number of aromatic hydroxyl groups is 1. The van der Waals surface area contributed by atoms with Gasteiger partial charge in [-0.05, 0) is 42.0 Å². The number of rotatable bonds is 4. The monoisotopic (exact) mass is 445 g/mol. The fraction of sp³-hybridized carbons (Fsp3) is 0.120. The van der Waals surface area contributed by atoms with Crippen LogP contribution in [0.15, 0.2) is 72.8 Å². The van der Waals surface area contributed by atoms with Crippen LogP contribution >= 0.6 is 11.6 Å². The molecular formula is C25H20ClN3O3. The molecule has 1 unspecified atom stereocenters. The van der Waals surface area contributed by atoms with E-state index in [1.165, 1.54) is 7.11 Å². The lowest BCUT2D eigenvalue weighted by atomic mass is 9.84. The van der Waals surface area contributed by atoms with E-state index in [1.807, 2.05) is 60.7 Å². The van der Waals surface area contributed by atoms with Crippen molar-refractivity contribution in [2.45, 2.75) is 12.3 Å². The molecule has 5 rings (SSSR count). The average Bonchev–Trinajstić information content (AvgIpc) is 3.19.